The van der Waals surface area contributed by atoms with Crippen molar-refractivity contribution < 1.29 is 23.8 Å². The van der Waals surface area contributed by atoms with Gasteiger partial charge in [0.1, 0.15) is 30.0 Å². The summed E-state index contributed by atoms with van der Waals surface area (Å²) in [4.78, 5) is 30.0. The number of rotatable bonds is 11. The molecule has 2 atom stereocenters. The third-order valence-corrected chi connectivity index (χ3v) is 5.53. The maximum Gasteiger partial charge on any atom is 0.255 e. The van der Waals surface area contributed by atoms with E-state index in [0.717, 1.165) is 0 Å². The van der Waals surface area contributed by atoms with E-state index in [-0.39, 0.29) is 30.6 Å². The van der Waals surface area contributed by atoms with Crippen molar-refractivity contribution in [1.29, 1.82) is 0 Å². The zero-order chi connectivity index (χ0) is 27.5. The van der Waals surface area contributed by atoms with Gasteiger partial charge in [-0.2, -0.15) is 4.98 Å². The Hall–Kier alpha value is -3.45. The number of halogens is 2. The molecule has 37 heavy (non-hydrogen) atoms. The number of aliphatic hydroxyl groups is 2. The molecule has 0 unspecified atom stereocenters. The van der Waals surface area contributed by atoms with Crippen LogP contribution in [0.15, 0.2) is 24.8 Å². The van der Waals surface area contributed by atoms with Crippen molar-refractivity contribution in [2.45, 2.75) is 71.1 Å². The summed E-state index contributed by atoms with van der Waals surface area (Å²) in [5, 5.41) is 28.0. The molecule has 5 N–H and O–H groups in total. The molecule has 0 saturated carbocycles. The molecule has 0 fully saturated rings. The fourth-order valence-electron chi connectivity index (χ4n) is 3.21. The van der Waals surface area contributed by atoms with E-state index in [2.05, 4.69) is 35.9 Å². The van der Waals surface area contributed by atoms with Crippen molar-refractivity contribution in [2.75, 3.05) is 23.7 Å². The first-order valence-corrected chi connectivity index (χ1v) is 11.9. The number of amides is 1. The molecule has 0 aromatic carbocycles. The van der Waals surface area contributed by atoms with E-state index in [1.54, 1.807) is 10.6 Å². The predicted molar refractivity (Wildman–Crippen MR) is 136 cm³/mol. The van der Waals surface area contributed by atoms with Gasteiger partial charge >= 0.3 is 0 Å². The van der Waals surface area contributed by atoms with Crippen LogP contribution in [0, 0.1) is 0 Å². The molecule has 0 bridgehead atoms. The fraction of sp³-hybridized carbons (Fsp3) is 0.542. The zero-order valence-electron chi connectivity index (χ0n) is 21.8. The van der Waals surface area contributed by atoms with Crippen LogP contribution in [0.25, 0.3) is 17.0 Å². The number of pyridine rings is 1. The van der Waals surface area contributed by atoms with Crippen LogP contribution in [-0.4, -0.2) is 83.3 Å². The fourth-order valence-corrected chi connectivity index (χ4v) is 3.21. The normalized spacial score (nSPS) is 14.0. The average Bonchev–Trinajstić information content (AvgIpc) is 3.22. The van der Waals surface area contributed by atoms with Crippen LogP contribution in [-0.2, 0) is 0 Å². The number of alkyl halides is 2. The molecule has 3 aromatic heterocycles. The summed E-state index contributed by atoms with van der Waals surface area (Å²) in [6.45, 7) is 8.65. The van der Waals surface area contributed by atoms with Crippen LogP contribution in [0.1, 0.15) is 51.9 Å². The predicted octanol–water partition coefficient (Wildman–Crippen LogP) is 2.39. The monoisotopic (exact) mass is 520 g/mol. The Morgan fingerprint density at radius 3 is 2.30 bits per heavy atom. The van der Waals surface area contributed by atoms with Gasteiger partial charge in [-0.05, 0) is 41.5 Å². The van der Waals surface area contributed by atoms with Crippen LogP contribution in [0.2, 0.25) is 0 Å². The van der Waals surface area contributed by atoms with Gasteiger partial charge in [-0.25, -0.2) is 23.7 Å². The van der Waals surface area contributed by atoms with Crippen LogP contribution < -0.4 is 16.0 Å². The van der Waals surface area contributed by atoms with Gasteiger partial charge in [0.2, 0.25) is 5.95 Å². The number of fused-ring (bicyclic) bond motifs is 1. The topological polar surface area (TPSA) is 150 Å². The lowest BCUT2D eigenvalue weighted by atomic mass is 10.0. The highest BCUT2D eigenvalue weighted by molar-refractivity contribution is 5.99. The van der Waals surface area contributed by atoms with E-state index >= 15 is 0 Å². The quantitative estimate of drug-likeness (QED) is 0.257. The van der Waals surface area contributed by atoms with Gasteiger partial charge in [-0.15, -0.1) is 0 Å². The minimum absolute atomic E-state index is 0.0332. The highest BCUT2D eigenvalue weighted by atomic mass is 19.1. The lowest BCUT2D eigenvalue weighted by Gasteiger charge is -2.23. The number of hydrogen-bond donors (Lipinski definition) is 5. The Kier molecular flexibility index (Phi) is 8.28. The molecule has 3 rings (SSSR count). The van der Waals surface area contributed by atoms with Crippen LogP contribution in [0.5, 0.6) is 0 Å². The SMILES string of the molecule is CC(C)Nc1cc(-n2cnc3cnc(NC[C@@H](F)C(C)(C)O)nc32)ncc1C(=O)NC[C@@H](F)C(C)(C)O. The maximum atomic E-state index is 14.1. The van der Waals surface area contributed by atoms with E-state index < -0.39 is 29.5 Å². The second-order valence-corrected chi connectivity index (χ2v) is 10.2. The molecule has 3 heterocycles. The molecule has 202 valence electrons. The lowest BCUT2D eigenvalue weighted by molar-refractivity contribution is -0.00179. The van der Waals surface area contributed by atoms with Crippen molar-refractivity contribution in [3.05, 3.63) is 30.4 Å². The molecular formula is C24H34F2N8O3. The molecule has 0 spiro atoms. The number of nitrogens with zero attached hydrogens (tertiary/aromatic N) is 5. The highest BCUT2D eigenvalue weighted by Crippen LogP contribution is 2.23. The number of hydrogen-bond acceptors (Lipinski definition) is 9. The van der Waals surface area contributed by atoms with Crippen molar-refractivity contribution >= 4 is 28.7 Å². The summed E-state index contributed by atoms with van der Waals surface area (Å²) in [5.74, 6) is -0.0113. The first kappa shape index (κ1) is 28.1. The summed E-state index contributed by atoms with van der Waals surface area (Å²) < 4.78 is 29.8. The van der Waals surface area contributed by atoms with Crippen LogP contribution >= 0.6 is 0 Å². The van der Waals surface area contributed by atoms with Crippen molar-refractivity contribution in [1.82, 2.24) is 29.8 Å². The molecule has 0 saturated heterocycles. The van der Waals surface area contributed by atoms with E-state index in [1.807, 2.05) is 13.8 Å². The summed E-state index contributed by atoms with van der Waals surface area (Å²) in [5.41, 5.74) is -1.60. The molecule has 0 radical (unpaired) electrons. The number of carbonyl (C=O) groups excluding carboxylic acids is 1. The summed E-state index contributed by atoms with van der Waals surface area (Å²) >= 11 is 0. The second-order valence-electron chi connectivity index (χ2n) is 10.2. The first-order chi connectivity index (χ1) is 17.2. The number of imidazole rings is 1. The smallest absolute Gasteiger partial charge is 0.255 e. The third kappa shape index (κ3) is 7.07. The summed E-state index contributed by atoms with van der Waals surface area (Å²) in [6, 6.07) is 1.61. The Balaban J connectivity index is 1.89. The van der Waals surface area contributed by atoms with E-state index in [1.165, 1.54) is 46.4 Å². The lowest BCUT2D eigenvalue weighted by Crippen LogP contribution is -2.42. The third-order valence-electron chi connectivity index (χ3n) is 5.53. The largest absolute Gasteiger partial charge is 0.387 e. The van der Waals surface area contributed by atoms with Gasteiger partial charge in [0.25, 0.3) is 5.91 Å². The van der Waals surface area contributed by atoms with Gasteiger partial charge in [0.05, 0.1) is 41.7 Å². The zero-order valence-corrected chi connectivity index (χ0v) is 21.8. The molecule has 3 aromatic rings. The molecule has 1 amide bonds. The Morgan fingerprint density at radius 2 is 1.68 bits per heavy atom. The van der Waals surface area contributed by atoms with Gasteiger partial charge in [-0.3, -0.25) is 9.36 Å². The Morgan fingerprint density at radius 1 is 1.03 bits per heavy atom. The Bertz CT molecular complexity index is 1240. The maximum absolute atomic E-state index is 14.1. The van der Waals surface area contributed by atoms with Gasteiger partial charge < -0.3 is 26.2 Å². The molecular weight excluding hydrogens is 486 g/mol. The molecule has 0 aliphatic carbocycles. The van der Waals surface area contributed by atoms with Gasteiger partial charge in [0, 0.05) is 18.3 Å². The van der Waals surface area contributed by atoms with Crippen LogP contribution in [0.3, 0.4) is 0 Å². The molecule has 11 nitrogen and oxygen atoms in total. The summed E-state index contributed by atoms with van der Waals surface area (Å²) in [7, 11) is 0. The van der Waals surface area contributed by atoms with Crippen molar-refractivity contribution in [3.63, 3.8) is 0 Å². The first-order valence-electron chi connectivity index (χ1n) is 11.9. The molecule has 13 heteroatoms. The van der Waals surface area contributed by atoms with E-state index in [9.17, 15) is 23.8 Å². The minimum atomic E-state index is -1.65. The van der Waals surface area contributed by atoms with Gasteiger partial charge in [0.15, 0.2) is 5.65 Å². The number of anilines is 2. The number of carbonyl (C=O) groups is 1. The van der Waals surface area contributed by atoms with E-state index in [0.29, 0.717) is 22.7 Å². The molecule has 0 aliphatic rings. The highest BCUT2D eigenvalue weighted by Gasteiger charge is 2.28. The van der Waals surface area contributed by atoms with Crippen molar-refractivity contribution in [2.24, 2.45) is 0 Å². The summed E-state index contributed by atoms with van der Waals surface area (Å²) in [6.07, 6.45) is 1.13. The standard InChI is InChI=1S/C24H34F2N8O3/c1-13(2)32-15-7-19(27-8-14(15)21(35)28-10-17(25)23(3,4)36)34-12-31-16-9-29-22(33-20(16)34)30-11-18(26)24(5,6)37/h7-9,12-13,17-18,36-37H,10-11H2,1-6H3,(H,27,32)(H,28,35)(H,29,30,33)/t17-,18-/m1/s1. The van der Waals surface area contributed by atoms with E-state index in [4.69, 9.17) is 0 Å². The number of aromatic nitrogens is 5. The number of nitrogens with one attached hydrogen (secondary N) is 3. The van der Waals surface area contributed by atoms with Gasteiger partial charge in [-0.1, -0.05) is 0 Å². The minimum Gasteiger partial charge on any atom is -0.387 e. The van der Waals surface area contributed by atoms with Crippen molar-refractivity contribution in [3.8, 4) is 5.82 Å². The van der Waals surface area contributed by atoms with Crippen LogP contribution in [0.4, 0.5) is 20.4 Å². The average molecular weight is 521 g/mol. The molecule has 0 aliphatic heterocycles. The second kappa shape index (κ2) is 10.9. The Labute approximate surface area is 213 Å².